The molecular weight excluding hydrogens is 230 g/mol. The van der Waals surface area contributed by atoms with Crippen LogP contribution in [0.25, 0.3) is 0 Å². The number of benzene rings is 2. The van der Waals surface area contributed by atoms with Crippen LogP contribution in [0.2, 0.25) is 0 Å². The third-order valence-electron chi connectivity index (χ3n) is 4.65. The van der Waals surface area contributed by atoms with Crippen LogP contribution in [0.3, 0.4) is 0 Å². The molecule has 1 saturated heterocycles. The Labute approximate surface area is 114 Å². The van der Waals surface area contributed by atoms with E-state index < -0.39 is 0 Å². The molecule has 0 spiro atoms. The number of hydrogen-bond donors (Lipinski definition) is 0. The highest BCUT2D eigenvalue weighted by Crippen LogP contribution is 2.50. The predicted octanol–water partition coefficient (Wildman–Crippen LogP) is 4.01. The monoisotopic (exact) mass is 249 g/mol. The van der Waals surface area contributed by atoms with Gasteiger partial charge in [-0.15, -0.1) is 0 Å². The van der Waals surface area contributed by atoms with Crippen molar-refractivity contribution in [2.45, 2.75) is 37.4 Å². The van der Waals surface area contributed by atoms with E-state index in [-0.39, 0.29) is 0 Å². The molecule has 2 aromatic rings. The van der Waals surface area contributed by atoms with Crippen LogP contribution >= 0.6 is 0 Å². The molecule has 0 N–H and O–H groups in total. The molecule has 1 saturated carbocycles. The van der Waals surface area contributed by atoms with Crippen LogP contribution < -0.4 is 0 Å². The van der Waals surface area contributed by atoms with E-state index >= 15 is 0 Å². The highest BCUT2D eigenvalue weighted by atomic mass is 15.4. The van der Waals surface area contributed by atoms with Gasteiger partial charge in [-0.3, -0.25) is 4.90 Å². The van der Waals surface area contributed by atoms with Gasteiger partial charge in [-0.25, -0.2) is 0 Å². The number of fused-ring (bicyclic) bond motifs is 1. The number of nitrogens with zero attached hydrogens (tertiary/aromatic N) is 1. The first-order valence-corrected chi connectivity index (χ1v) is 7.32. The average Bonchev–Trinajstić information content (AvgIpc) is 2.94. The maximum absolute atomic E-state index is 2.72. The first-order chi connectivity index (χ1) is 9.45. The predicted molar refractivity (Wildman–Crippen MR) is 78.0 cm³/mol. The summed E-state index contributed by atoms with van der Waals surface area (Å²) in [7, 11) is 0. The topological polar surface area (TPSA) is 3.01 Å². The summed E-state index contributed by atoms with van der Waals surface area (Å²) < 4.78 is 0. The van der Waals surface area contributed by atoms with Gasteiger partial charge in [-0.05, 0) is 24.0 Å². The summed E-state index contributed by atoms with van der Waals surface area (Å²) in [6.07, 6.45) is 4.20. The molecule has 0 amide bonds. The van der Waals surface area contributed by atoms with E-state index in [1.54, 1.807) is 0 Å². The molecule has 1 heterocycles. The summed E-state index contributed by atoms with van der Waals surface area (Å²) in [4.78, 5) is 2.72. The van der Waals surface area contributed by atoms with Crippen LogP contribution in [0.15, 0.2) is 60.7 Å². The molecule has 96 valence electrons. The molecule has 3 atom stereocenters. The Balaban J connectivity index is 1.72. The summed E-state index contributed by atoms with van der Waals surface area (Å²) in [6, 6.07) is 24.1. The smallest absolute Gasteiger partial charge is 0.0608 e. The molecular formula is C18H19N. The van der Waals surface area contributed by atoms with Crippen LogP contribution in [0.5, 0.6) is 0 Å². The zero-order chi connectivity index (χ0) is 12.7. The molecule has 1 heteroatoms. The van der Waals surface area contributed by atoms with Gasteiger partial charge in [-0.2, -0.15) is 0 Å². The van der Waals surface area contributed by atoms with Crippen molar-refractivity contribution in [3.05, 3.63) is 71.8 Å². The fourth-order valence-electron chi connectivity index (χ4n) is 3.77. The van der Waals surface area contributed by atoms with E-state index in [0.717, 1.165) is 12.1 Å². The molecule has 4 rings (SSSR count). The van der Waals surface area contributed by atoms with Crippen molar-refractivity contribution in [3.8, 4) is 0 Å². The normalized spacial score (nSPS) is 28.4. The second kappa shape index (κ2) is 4.50. The van der Waals surface area contributed by atoms with Crippen molar-refractivity contribution >= 4 is 0 Å². The zero-order valence-corrected chi connectivity index (χ0v) is 11.1. The maximum Gasteiger partial charge on any atom is 0.0608 e. The van der Waals surface area contributed by atoms with Crippen LogP contribution in [-0.2, 0) is 0 Å². The molecule has 0 bridgehead atoms. The van der Waals surface area contributed by atoms with Crippen LogP contribution in [-0.4, -0.2) is 17.0 Å². The van der Waals surface area contributed by atoms with Crippen molar-refractivity contribution in [3.63, 3.8) is 0 Å². The molecule has 2 fully saturated rings. The molecule has 0 aromatic heterocycles. The number of piperidine rings is 1. The summed E-state index contributed by atoms with van der Waals surface area (Å²) in [5.74, 6) is 0. The lowest BCUT2D eigenvalue weighted by Crippen LogP contribution is -2.16. The Morgan fingerprint density at radius 3 is 1.68 bits per heavy atom. The second-order valence-electron chi connectivity index (χ2n) is 5.74. The molecule has 1 aliphatic carbocycles. The number of likely N-dealkylation sites (tertiary alicyclic amines) is 1. The fourth-order valence-corrected chi connectivity index (χ4v) is 3.77. The third-order valence-corrected chi connectivity index (χ3v) is 4.65. The van der Waals surface area contributed by atoms with Gasteiger partial charge in [0.05, 0.1) is 6.04 Å². The molecule has 2 aromatic carbocycles. The number of rotatable bonds is 3. The van der Waals surface area contributed by atoms with E-state index in [1.165, 1.54) is 30.4 Å². The van der Waals surface area contributed by atoms with Gasteiger partial charge in [0.15, 0.2) is 0 Å². The van der Waals surface area contributed by atoms with Gasteiger partial charge in [0, 0.05) is 12.1 Å². The molecule has 1 aliphatic heterocycles. The third kappa shape index (κ3) is 1.89. The summed E-state index contributed by atoms with van der Waals surface area (Å²) in [5.41, 5.74) is 2.87. The van der Waals surface area contributed by atoms with E-state index in [9.17, 15) is 0 Å². The minimum Gasteiger partial charge on any atom is -0.283 e. The second-order valence-corrected chi connectivity index (χ2v) is 5.74. The highest BCUT2D eigenvalue weighted by Gasteiger charge is 2.53. The van der Waals surface area contributed by atoms with E-state index in [4.69, 9.17) is 0 Å². The van der Waals surface area contributed by atoms with Crippen LogP contribution in [0.1, 0.15) is 36.4 Å². The SMILES string of the molecule is c1ccc(C(c2ccccc2)N2[C@@H]3CCC[C@@H]32)cc1. The molecule has 19 heavy (non-hydrogen) atoms. The standard InChI is InChI=1S/C18H19N/c1-3-8-14(9-4-1)18(15-10-5-2-6-11-15)19-16-12-7-13-17(16)19/h1-6,8-11,16-18H,7,12-13H2/t16-,17+,19?. The lowest BCUT2D eigenvalue weighted by molar-refractivity contribution is 0.367. The Hall–Kier alpha value is -1.60. The van der Waals surface area contributed by atoms with Crippen molar-refractivity contribution in [2.75, 3.05) is 0 Å². The van der Waals surface area contributed by atoms with Gasteiger partial charge in [0.1, 0.15) is 0 Å². The summed E-state index contributed by atoms with van der Waals surface area (Å²) in [6.45, 7) is 0. The Morgan fingerprint density at radius 1 is 0.737 bits per heavy atom. The van der Waals surface area contributed by atoms with E-state index in [0.29, 0.717) is 6.04 Å². The maximum atomic E-state index is 2.72. The summed E-state index contributed by atoms with van der Waals surface area (Å²) in [5, 5.41) is 0. The average molecular weight is 249 g/mol. The van der Waals surface area contributed by atoms with Gasteiger partial charge >= 0.3 is 0 Å². The van der Waals surface area contributed by atoms with Crippen molar-refractivity contribution in [2.24, 2.45) is 0 Å². The van der Waals surface area contributed by atoms with Crippen LogP contribution in [0.4, 0.5) is 0 Å². The first kappa shape index (κ1) is 11.2. The lowest BCUT2D eigenvalue weighted by Gasteiger charge is -2.22. The minimum absolute atomic E-state index is 0.456. The number of hydrogen-bond acceptors (Lipinski definition) is 1. The first-order valence-electron chi connectivity index (χ1n) is 7.32. The Kier molecular flexibility index (Phi) is 2.66. The largest absolute Gasteiger partial charge is 0.283 e. The van der Waals surface area contributed by atoms with E-state index in [2.05, 4.69) is 65.6 Å². The van der Waals surface area contributed by atoms with Gasteiger partial charge in [0.2, 0.25) is 0 Å². The zero-order valence-electron chi connectivity index (χ0n) is 11.1. The lowest BCUT2D eigenvalue weighted by atomic mass is 9.98. The van der Waals surface area contributed by atoms with Crippen molar-refractivity contribution < 1.29 is 0 Å². The van der Waals surface area contributed by atoms with Crippen LogP contribution in [0, 0.1) is 0 Å². The molecule has 2 aliphatic rings. The van der Waals surface area contributed by atoms with Crippen molar-refractivity contribution in [1.29, 1.82) is 0 Å². The summed E-state index contributed by atoms with van der Waals surface area (Å²) >= 11 is 0. The Morgan fingerprint density at radius 2 is 1.21 bits per heavy atom. The minimum atomic E-state index is 0.456. The van der Waals surface area contributed by atoms with Gasteiger partial charge < -0.3 is 0 Å². The Bertz CT molecular complexity index is 499. The highest BCUT2D eigenvalue weighted by molar-refractivity contribution is 5.35. The van der Waals surface area contributed by atoms with Crippen molar-refractivity contribution in [1.82, 2.24) is 4.90 Å². The fraction of sp³-hybridized carbons (Fsp3) is 0.333. The molecule has 1 nitrogen and oxygen atoms in total. The molecule has 1 unspecified atom stereocenters. The van der Waals surface area contributed by atoms with Gasteiger partial charge in [0.25, 0.3) is 0 Å². The quantitative estimate of drug-likeness (QED) is 0.743. The van der Waals surface area contributed by atoms with Gasteiger partial charge in [-0.1, -0.05) is 67.1 Å². The molecule has 0 radical (unpaired) electrons. The van der Waals surface area contributed by atoms with E-state index in [1.807, 2.05) is 0 Å².